The summed E-state index contributed by atoms with van der Waals surface area (Å²) in [6.07, 6.45) is 2.91. The summed E-state index contributed by atoms with van der Waals surface area (Å²) in [5.74, 6) is -1.26. The fraction of sp³-hybridized carbons (Fsp3) is 0.500. The summed E-state index contributed by atoms with van der Waals surface area (Å²) >= 11 is 0. The molecule has 1 saturated carbocycles. The molecule has 6 nitrogen and oxygen atoms in total. The molecular formula is C8H10N2O4S. The van der Waals surface area contributed by atoms with Crippen LogP contribution in [0.4, 0.5) is 0 Å². The van der Waals surface area contributed by atoms with Gasteiger partial charge in [-0.1, -0.05) is 0 Å². The van der Waals surface area contributed by atoms with Crippen molar-refractivity contribution in [1.29, 1.82) is 0 Å². The number of rotatable bonds is 4. The lowest BCUT2D eigenvalue weighted by Crippen LogP contribution is -2.23. The molecule has 0 unspecified atom stereocenters. The van der Waals surface area contributed by atoms with Gasteiger partial charge in [-0.2, -0.15) is 12.8 Å². The van der Waals surface area contributed by atoms with E-state index in [4.69, 9.17) is 5.11 Å². The molecule has 0 bridgehead atoms. The van der Waals surface area contributed by atoms with Gasteiger partial charge >= 0.3 is 5.97 Å². The van der Waals surface area contributed by atoms with E-state index >= 15 is 0 Å². The summed E-state index contributed by atoms with van der Waals surface area (Å²) in [7, 11) is -3.74. The van der Waals surface area contributed by atoms with Crippen molar-refractivity contribution < 1.29 is 18.3 Å². The summed E-state index contributed by atoms with van der Waals surface area (Å²) in [4.78, 5) is 10.6. The van der Waals surface area contributed by atoms with E-state index in [-0.39, 0.29) is 17.0 Å². The van der Waals surface area contributed by atoms with Crippen molar-refractivity contribution in [3.63, 3.8) is 0 Å². The maximum Gasteiger partial charge on any atom is 0.338 e. The van der Waals surface area contributed by atoms with Crippen LogP contribution in [0.3, 0.4) is 0 Å². The second-order valence-corrected chi connectivity index (χ2v) is 5.16. The number of hydrogen-bond donors (Lipinski definition) is 2. The molecule has 0 atom stereocenters. The molecule has 0 aromatic heterocycles. The van der Waals surface area contributed by atoms with Gasteiger partial charge in [-0.05, 0) is 12.8 Å². The van der Waals surface area contributed by atoms with Crippen molar-refractivity contribution in [3.05, 3.63) is 10.5 Å². The lowest BCUT2D eigenvalue weighted by Gasteiger charge is -2.03. The fourth-order valence-electron chi connectivity index (χ4n) is 1.28. The summed E-state index contributed by atoms with van der Waals surface area (Å²) in [5.41, 5.74) is -0.233. The minimum Gasteiger partial charge on any atom is -0.478 e. The highest BCUT2D eigenvalue weighted by Crippen LogP contribution is 2.23. The van der Waals surface area contributed by atoms with Gasteiger partial charge in [-0.25, -0.2) is 4.79 Å². The largest absolute Gasteiger partial charge is 0.478 e. The minimum absolute atomic E-state index is 0.0502. The Morgan fingerprint density at radius 2 is 2.27 bits per heavy atom. The summed E-state index contributed by atoms with van der Waals surface area (Å²) in [6, 6.07) is 0.323. The molecule has 0 spiro atoms. The van der Waals surface area contributed by atoms with E-state index < -0.39 is 16.0 Å². The number of carboxylic acids is 1. The first kappa shape index (κ1) is 10.3. The van der Waals surface area contributed by atoms with E-state index in [2.05, 4.69) is 9.71 Å². The molecule has 2 N–H and O–H groups in total. The molecule has 15 heavy (non-hydrogen) atoms. The van der Waals surface area contributed by atoms with Crippen LogP contribution in [0.15, 0.2) is 14.9 Å². The van der Waals surface area contributed by atoms with Gasteiger partial charge in [0.25, 0.3) is 10.0 Å². The number of sulfonamides is 1. The van der Waals surface area contributed by atoms with Crippen LogP contribution in [0.5, 0.6) is 0 Å². The Hall–Kier alpha value is -1.21. The second-order valence-electron chi connectivity index (χ2n) is 3.51. The van der Waals surface area contributed by atoms with Gasteiger partial charge in [-0.15, -0.1) is 0 Å². The first-order chi connectivity index (χ1) is 7.00. The molecule has 2 rings (SSSR count). The molecule has 82 valence electrons. The Kier molecular flexibility index (Phi) is 2.35. The molecule has 1 fully saturated rings. The molecule has 1 aliphatic heterocycles. The number of carbonyl (C=O) groups is 1. The van der Waals surface area contributed by atoms with Crippen LogP contribution in [0.25, 0.3) is 0 Å². The van der Waals surface area contributed by atoms with Crippen molar-refractivity contribution in [2.45, 2.75) is 18.9 Å². The van der Waals surface area contributed by atoms with Gasteiger partial charge < -0.3 is 10.4 Å². The first-order valence-corrected chi connectivity index (χ1v) is 5.95. The van der Waals surface area contributed by atoms with E-state index in [9.17, 15) is 13.2 Å². The van der Waals surface area contributed by atoms with Crippen LogP contribution in [-0.4, -0.2) is 38.3 Å². The predicted octanol–water partition coefficient (Wildman–Crippen LogP) is -0.509. The third-order valence-electron chi connectivity index (χ3n) is 2.29. The highest BCUT2D eigenvalue weighted by atomic mass is 32.2. The summed E-state index contributed by atoms with van der Waals surface area (Å²) < 4.78 is 25.9. The van der Waals surface area contributed by atoms with Gasteiger partial charge in [0.15, 0.2) is 0 Å². The maximum atomic E-state index is 11.4. The van der Waals surface area contributed by atoms with E-state index in [1.54, 1.807) is 0 Å². The van der Waals surface area contributed by atoms with Crippen LogP contribution in [0.1, 0.15) is 12.8 Å². The zero-order valence-corrected chi connectivity index (χ0v) is 8.62. The number of carboxylic acid groups (broad SMARTS) is 1. The molecule has 0 saturated heterocycles. The third kappa shape index (κ3) is 2.07. The quantitative estimate of drug-likeness (QED) is 0.678. The minimum atomic E-state index is -3.74. The Labute approximate surface area is 86.8 Å². The van der Waals surface area contributed by atoms with Crippen LogP contribution in [-0.2, 0) is 14.8 Å². The second kappa shape index (κ2) is 3.42. The first-order valence-electron chi connectivity index (χ1n) is 4.51. The van der Waals surface area contributed by atoms with Crippen molar-refractivity contribution in [2.24, 2.45) is 4.40 Å². The number of nitrogens with zero attached hydrogens (tertiary/aromatic N) is 1. The molecule has 7 heteroatoms. The zero-order valence-electron chi connectivity index (χ0n) is 7.80. The molecule has 1 heterocycles. The van der Waals surface area contributed by atoms with Gasteiger partial charge in [0.2, 0.25) is 0 Å². The number of aliphatic carboxylic acids is 1. The summed E-state index contributed by atoms with van der Waals surface area (Å²) in [6.45, 7) is 0.0502. The molecule has 0 amide bonds. The normalized spacial score (nSPS) is 23.5. The lowest BCUT2D eigenvalue weighted by atomic mass is 10.2. The van der Waals surface area contributed by atoms with Crippen molar-refractivity contribution >= 4 is 22.2 Å². The van der Waals surface area contributed by atoms with Crippen molar-refractivity contribution in [2.75, 3.05) is 6.54 Å². The van der Waals surface area contributed by atoms with Crippen molar-refractivity contribution in [3.8, 4) is 0 Å². The van der Waals surface area contributed by atoms with Crippen LogP contribution < -0.4 is 5.32 Å². The molecule has 2 aliphatic rings. The predicted molar refractivity (Wildman–Crippen MR) is 53.1 cm³/mol. The Bertz CT molecular complexity index is 459. The van der Waals surface area contributed by atoms with Crippen LogP contribution in [0.2, 0.25) is 0 Å². The maximum absolute atomic E-state index is 11.4. The molecule has 0 aromatic rings. The van der Waals surface area contributed by atoms with Crippen molar-refractivity contribution in [1.82, 2.24) is 5.32 Å². The average molecular weight is 230 g/mol. The molecule has 0 radical (unpaired) electrons. The van der Waals surface area contributed by atoms with Crippen LogP contribution in [0, 0.1) is 0 Å². The van der Waals surface area contributed by atoms with Gasteiger partial charge in [0, 0.05) is 12.6 Å². The fourth-order valence-corrected chi connectivity index (χ4v) is 2.34. The van der Waals surface area contributed by atoms with Gasteiger partial charge in [0.05, 0.1) is 16.7 Å². The standard InChI is InChI=1S/C8H10N2O4S/c11-8(12)6-3-10-15(13,14)7(6)4-9-5-1-2-5/h3,5,9H,1-2,4H2,(H,11,12). The van der Waals surface area contributed by atoms with Crippen LogP contribution >= 0.6 is 0 Å². The van der Waals surface area contributed by atoms with E-state index in [0.29, 0.717) is 6.04 Å². The number of nitrogens with one attached hydrogen (secondary N) is 1. The molecule has 0 aromatic carbocycles. The highest BCUT2D eigenvalue weighted by molar-refractivity contribution is 7.94. The Balaban J connectivity index is 2.22. The summed E-state index contributed by atoms with van der Waals surface area (Å²) in [5, 5.41) is 11.7. The topological polar surface area (TPSA) is 95.8 Å². The van der Waals surface area contributed by atoms with Gasteiger partial charge in [-0.3, -0.25) is 0 Å². The van der Waals surface area contributed by atoms with Gasteiger partial charge in [0.1, 0.15) is 0 Å². The number of hydrogen-bond acceptors (Lipinski definition) is 4. The van der Waals surface area contributed by atoms with E-state index in [1.165, 1.54) is 0 Å². The third-order valence-corrected chi connectivity index (χ3v) is 3.66. The average Bonchev–Trinajstić information content (AvgIpc) is 2.88. The highest BCUT2D eigenvalue weighted by Gasteiger charge is 2.31. The lowest BCUT2D eigenvalue weighted by molar-refractivity contribution is -0.132. The Morgan fingerprint density at radius 3 is 2.80 bits per heavy atom. The van der Waals surface area contributed by atoms with E-state index in [1.807, 2.05) is 0 Å². The smallest absolute Gasteiger partial charge is 0.338 e. The monoisotopic (exact) mass is 230 g/mol. The molecule has 1 aliphatic carbocycles. The zero-order chi connectivity index (χ0) is 11.1. The SMILES string of the molecule is O=C(O)C1=C(CNC2CC2)S(=O)(=O)N=C1. The van der Waals surface area contributed by atoms with E-state index in [0.717, 1.165) is 19.1 Å². The Morgan fingerprint density at radius 1 is 1.60 bits per heavy atom. The molecular weight excluding hydrogens is 220 g/mol.